The van der Waals surface area contributed by atoms with E-state index in [1.807, 2.05) is 29.2 Å². The van der Waals surface area contributed by atoms with E-state index >= 15 is 0 Å². The van der Waals surface area contributed by atoms with Gasteiger partial charge in [-0.2, -0.15) is 0 Å². The van der Waals surface area contributed by atoms with Crippen molar-refractivity contribution in [1.29, 1.82) is 0 Å². The number of benzene rings is 1. The van der Waals surface area contributed by atoms with Crippen molar-refractivity contribution >= 4 is 11.9 Å². The average Bonchev–Trinajstić information content (AvgIpc) is 3.15. The van der Waals surface area contributed by atoms with E-state index in [1.54, 1.807) is 19.1 Å². The van der Waals surface area contributed by atoms with E-state index in [4.69, 9.17) is 4.74 Å². The number of carbonyl (C=O) groups is 2. The van der Waals surface area contributed by atoms with Crippen molar-refractivity contribution in [3.63, 3.8) is 0 Å². The number of nitrogens with zero attached hydrogens (tertiary/aromatic N) is 2. The fourth-order valence-electron chi connectivity index (χ4n) is 3.40. The predicted molar refractivity (Wildman–Crippen MR) is 86.2 cm³/mol. The van der Waals surface area contributed by atoms with Gasteiger partial charge in [0, 0.05) is 26.6 Å². The van der Waals surface area contributed by atoms with Crippen LogP contribution in [0.3, 0.4) is 0 Å². The lowest BCUT2D eigenvalue weighted by Crippen LogP contribution is -2.45. The zero-order valence-corrected chi connectivity index (χ0v) is 13.6. The van der Waals surface area contributed by atoms with Crippen LogP contribution in [0.1, 0.15) is 30.9 Å². The van der Waals surface area contributed by atoms with E-state index in [-0.39, 0.29) is 24.0 Å². The summed E-state index contributed by atoms with van der Waals surface area (Å²) in [6.45, 7) is 1.34. The summed E-state index contributed by atoms with van der Waals surface area (Å²) in [6.07, 6.45) is 2.35. The van der Waals surface area contributed by atoms with E-state index in [2.05, 4.69) is 5.32 Å². The molecule has 3 rings (SSSR count). The zero-order chi connectivity index (χ0) is 16.4. The van der Waals surface area contributed by atoms with Gasteiger partial charge >= 0.3 is 6.03 Å². The number of rotatable bonds is 3. The number of nitrogens with one attached hydrogen (secondary N) is 1. The molecule has 3 amide bonds. The van der Waals surface area contributed by atoms with E-state index < -0.39 is 0 Å². The molecule has 2 fully saturated rings. The molecule has 2 aliphatic rings. The summed E-state index contributed by atoms with van der Waals surface area (Å²) in [5, 5.41) is 3.00. The Morgan fingerprint density at radius 1 is 1.30 bits per heavy atom. The molecule has 124 valence electrons. The summed E-state index contributed by atoms with van der Waals surface area (Å²) >= 11 is 0. The Morgan fingerprint density at radius 2 is 2.04 bits per heavy atom. The zero-order valence-electron chi connectivity index (χ0n) is 13.6. The van der Waals surface area contributed by atoms with Crippen molar-refractivity contribution in [2.24, 2.45) is 0 Å². The van der Waals surface area contributed by atoms with Gasteiger partial charge in [-0.25, -0.2) is 4.79 Å². The summed E-state index contributed by atoms with van der Waals surface area (Å²) in [5.74, 6) is 0.902. The van der Waals surface area contributed by atoms with Gasteiger partial charge in [-0.1, -0.05) is 12.1 Å². The number of urea groups is 1. The number of hydrogen-bond acceptors (Lipinski definition) is 3. The first-order chi connectivity index (χ1) is 11.1. The second-order valence-electron chi connectivity index (χ2n) is 6.25. The van der Waals surface area contributed by atoms with E-state index in [9.17, 15) is 9.59 Å². The molecule has 0 aromatic heterocycles. The molecule has 23 heavy (non-hydrogen) atoms. The third-order valence-corrected chi connectivity index (χ3v) is 4.68. The van der Waals surface area contributed by atoms with Crippen molar-refractivity contribution in [2.75, 3.05) is 27.2 Å². The second kappa shape index (κ2) is 6.48. The minimum atomic E-state index is -0.0860. The maximum Gasteiger partial charge on any atom is 0.318 e. The third-order valence-electron chi connectivity index (χ3n) is 4.68. The summed E-state index contributed by atoms with van der Waals surface area (Å²) in [7, 11) is 3.41. The Kier molecular flexibility index (Phi) is 4.41. The molecular weight excluding hydrogens is 294 g/mol. The first-order valence-electron chi connectivity index (χ1n) is 8.03. The molecule has 6 nitrogen and oxygen atoms in total. The van der Waals surface area contributed by atoms with Crippen molar-refractivity contribution < 1.29 is 14.3 Å². The van der Waals surface area contributed by atoms with Crippen LogP contribution in [0.4, 0.5) is 4.79 Å². The van der Waals surface area contributed by atoms with Crippen LogP contribution >= 0.6 is 0 Å². The van der Waals surface area contributed by atoms with Crippen molar-refractivity contribution in [1.82, 2.24) is 15.1 Å². The molecule has 1 aromatic carbocycles. The molecule has 0 unspecified atom stereocenters. The lowest BCUT2D eigenvalue weighted by Gasteiger charge is -2.27. The average molecular weight is 317 g/mol. The molecule has 2 atom stereocenters. The molecule has 1 aromatic rings. The van der Waals surface area contributed by atoms with Gasteiger partial charge in [0.05, 0.1) is 19.2 Å². The Labute approximate surface area is 136 Å². The number of carbonyl (C=O) groups excluding carboxylic acids is 2. The largest absolute Gasteiger partial charge is 0.497 e. The molecule has 2 aliphatic heterocycles. The molecule has 6 heteroatoms. The van der Waals surface area contributed by atoms with Gasteiger partial charge in [0.2, 0.25) is 5.91 Å². The van der Waals surface area contributed by atoms with Gasteiger partial charge in [0.1, 0.15) is 5.75 Å². The van der Waals surface area contributed by atoms with Gasteiger partial charge in [-0.05, 0) is 30.5 Å². The van der Waals surface area contributed by atoms with Crippen LogP contribution in [0.25, 0.3) is 0 Å². The van der Waals surface area contributed by atoms with Crippen LogP contribution in [0.15, 0.2) is 24.3 Å². The number of methoxy groups -OCH3 is 1. The predicted octanol–water partition coefficient (Wildman–Crippen LogP) is 1.77. The van der Waals surface area contributed by atoms with Crippen LogP contribution in [-0.4, -0.2) is 55.0 Å². The highest BCUT2D eigenvalue weighted by molar-refractivity contribution is 5.81. The van der Waals surface area contributed by atoms with Crippen molar-refractivity contribution in [3.05, 3.63) is 29.8 Å². The van der Waals surface area contributed by atoms with Gasteiger partial charge in [0.25, 0.3) is 0 Å². The molecule has 1 N–H and O–H groups in total. The maximum absolute atomic E-state index is 12.6. The van der Waals surface area contributed by atoms with Crippen LogP contribution in [0.2, 0.25) is 0 Å². The van der Waals surface area contributed by atoms with Crippen LogP contribution in [0, 0.1) is 0 Å². The molecule has 2 heterocycles. The quantitative estimate of drug-likeness (QED) is 0.924. The fraction of sp³-hybridized carbons (Fsp3) is 0.529. The van der Waals surface area contributed by atoms with Gasteiger partial charge in [-0.15, -0.1) is 0 Å². The van der Waals surface area contributed by atoms with Crippen molar-refractivity contribution in [3.8, 4) is 5.75 Å². The Morgan fingerprint density at radius 3 is 2.65 bits per heavy atom. The van der Waals surface area contributed by atoms with Crippen LogP contribution in [0.5, 0.6) is 5.75 Å². The lowest BCUT2D eigenvalue weighted by atomic mass is 10.0. The van der Waals surface area contributed by atoms with Gasteiger partial charge in [0.15, 0.2) is 0 Å². The summed E-state index contributed by atoms with van der Waals surface area (Å²) in [6, 6.07) is 7.82. The number of likely N-dealkylation sites (tertiary alicyclic amines) is 2. The Hall–Kier alpha value is -2.24. The first kappa shape index (κ1) is 15.6. The second-order valence-corrected chi connectivity index (χ2v) is 6.25. The molecule has 0 saturated carbocycles. The highest BCUT2D eigenvalue weighted by atomic mass is 16.5. The van der Waals surface area contributed by atoms with Crippen molar-refractivity contribution in [2.45, 2.75) is 31.3 Å². The topological polar surface area (TPSA) is 61.9 Å². The number of hydrogen-bond donors (Lipinski definition) is 1. The SMILES string of the molecule is COc1ccc([C@@H]2CCCN2C(=O)N[C@@H]2CC(=O)N(C)C2)cc1. The molecule has 0 aliphatic carbocycles. The van der Waals surface area contributed by atoms with E-state index in [0.717, 1.165) is 30.7 Å². The standard InChI is InChI=1S/C17H23N3O3/c1-19-11-13(10-16(19)21)18-17(22)20-9-3-4-15(20)12-5-7-14(23-2)8-6-12/h5-8,13,15H,3-4,9-11H2,1-2H3,(H,18,22)/t13-,15+/m1/s1. The minimum Gasteiger partial charge on any atom is -0.497 e. The van der Waals surface area contributed by atoms with Gasteiger partial charge in [-0.3, -0.25) is 4.79 Å². The summed E-state index contributed by atoms with van der Waals surface area (Å²) in [5.41, 5.74) is 1.12. The number of ether oxygens (including phenoxy) is 1. The molecule has 0 radical (unpaired) electrons. The highest BCUT2D eigenvalue weighted by Crippen LogP contribution is 2.32. The molecular formula is C17H23N3O3. The highest BCUT2D eigenvalue weighted by Gasteiger charge is 2.33. The smallest absolute Gasteiger partial charge is 0.318 e. The third kappa shape index (κ3) is 3.25. The maximum atomic E-state index is 12.6. The minimum absolute atomic E-state index is 0.0728. The number of likely N-dealkylation sites (N-methyl/N-ethyl adjacent to an activating group) is 1. The molecule has 0 spiro atoms. The number of amides is 3. The van der Waals surface area contributed by atoms with Crippen LogP contribution in [-0.2, 0) is 4.79 Å². The van der Waals surface area contributed by atoms with E-state index in [0.29, 0.717) is 13.0 Å². The monoisotopic (exact) mass is 317 g/mol. The first-order valence-corrected chi connectivity index (χ1v) is 8.03. The van der Waals surface area contributed by atoms with Crippen LogP contribution < -0.4 is 10.1 Å². The Balaban J connectivity index is 1.66. The molecule has 0 bridgehead atoms. The fourth-order valence-corrected chi connectivity index (χ4v) is 3.40. The molecule has 2 saturated heterocycles. The lowest BCUT2D eigenvalue weighted by molar-refractivity contribution is -0.126. The van der Waals surface area contributed by atoms with E-state index in [1.165, 1.54) is 0 Å². The van der Waals surface area contributed by atoms with Gasteiger partial charge < -0.3 is 19.9 Å². The summed E-state index contributed by atoms with van der Waals surface area (Å²) in [4.78, 5) is 27.7. The Bertz CT molecular complexity index is 587. The summed E-state index contributed by atoms with van der Waals surface area (Å²) < 4.78 is 5.19. The normalized spacial score (nSPS) is 24.2.